The SMILES string of the molecule is COc1cc(C(=O)NCc2nnc(SCC(=O)Nc3ccc(Br)cc3)o2)cc(OC)c1OC. The maximum atomic E-state index is 12.6. The predicted octanol–water partition coefficient (Wildman–Crippen LogP) is 3.52. The number of carbonyl (C=O) groups excluding carboxylic acids is 2. The molecule has 174 valence electrons. The molecule has 10 nitrogen and oxygen atoms in total. The molecule has 2 aromatic carbocycles. The van der Waals surface area contributed by atoms with Gasteiger partial charge in [-0.25, -0.2) is 0 Å². The summed E-state index contributed by atoms with van der Waals surface area (Å²) >= 11 is 4.44. The van der Waals surface area contributed by atoms with Gasteiger partial charge in [-0.15, -0.1) is 10.2 Å². The van der Waals surface area contributed by atoms with Gasteiger partial charge in [0.1, 0.15) is 0 Å². The van der Waals surface area contributed by atoms with E-state index in [2.05, 4.69) is 36.8 Å². The molecule has 0 unspecified atom stereocenters. The lowest BCUT2D eigenvalue weighted by atomic mass is 10.1. The van der Waals surface area contributed by atoms with Crippen molar-refractivity contribution in [2.24, 2.45) is 0 Å². The van der Waals surface area contributed by atoms with Crippen LogP contribution in [0, 0.1) is 0 Å². The number of thioether (sulfide) groups is 1. The Morgan fingerprint density at radius 2 is 1.70 bits per heavy atom. The third-order valence-electron chi connectivity index (χ3n) is 4.23. The quantitative estimate of drug-likeness (QED) is 0.374. The van der Waals surface area contributed by atoms with Crippen molar-refractivity contribution < 1.29 is 28.2 Å². The number of carbonyl (C=O) groups is 2. The summed E-state index contributed by atoms with van der Waals surface area (Å²) in [6.07, 6.45) is 0. The van der Waals surface area contributed by atoms with E-state index in [1.54, 1.807) is 12.1 Å². The molecule has 0 fully saturated rings. The highest BCUT2D eigenvalue weighted by Crippen LogP contribution is 2.38. The standard InChI is InChI=1S/C21H21BrN4O6S/c1-29-15-8-12(9-16(30-2)19(15)31-3)20(28)23-10-18-25-26-21(32-18)33-11-17(27)24-14-6-4-13(22)5-7-14/h4-9H,10-11H2,1-3H3,(H,23,28)(H,24,27). The van der Waals surface area contributed by atoms with Gasteiger partial charge in [-0.1, -0.05) is 27.7 Å². The summed E-state index contributed by atoms with van der Waals surface area (Å²) in [5, 5.41) is 13.5. The van der Waals surface area contributed by atoms with Crippen molar-refractivity contribution in [1.29, 1.82) is 0 Å². The number of hydrogen-bond acceptors (Lipinski definition) is 9. The number of nitrogens with one attached hydrogen (secondary N) is 2. The Hall–Kier alpha value is -3.25. The second-order valence-electron chi connectivity index (χ2n) is 6.40. The van der Waals surface area contributed by atoms with Crippen LogP contribution in [0.1, 0.15) is 16.2 Å². The molecule has 0 aliphatic carbocycles. The molecular weight excluding hydrogens is 516 g/mol. The van der Waals surface area contributed by atoms with Crippen LogP contribution < -0.4 is 24.8 Å². The van der Waals surface area contributed by atoms with Crippen LogP contribution >= 0.6 is 27.7 Å². The van der Waals surface area contributed by atoms with Crippen molar-refractivity contribution in [1.82, 2.24) is 15.5 Å². The highest BCUT2D eigenvalue weighted by molar-refractivity contribution is 9.10. The van der Waals surface area contributed by atoms with E-state index in [9.17, 15) is 9.59 Å². The van der Waals surface area contributed by atoms with Crippen molar-refractivity contribution in [2.75, 3.05) is 32.4 Å². The van der Waals surface area contributed by atoms with Crippen molar-refractivity contribution in [2.45, 2.75) is 11.8 Å². The minimum atomic E-state index is -0.393. The van der Waals surface area contributed by atoms with Crippen LogP contribution in [-0.4, -0.2) is 49.1 Å². The van der Waals surface area contributed by atoms with Crippen LogP contribution in [0.3, 0.4) is 0 Å². The molecule has 12 heteroatoms. The number of rotatable bonds is 10. The van der Waals surface area contributed by atoms with E-state index < -0.39 is 5.91 Å². The van der Waals surface area contributed by atoms with Gasteiger partial charge < -0.3 is 29.3 Å². The summed E-state index contributed by atoms with van der Waals surface area (Å²) in [5.74, 6) is 0.800. The Morgan fingerprint density at radius 1 is 1.03 bits per heavy atom. The number of aromatic nitrogens is 2. The van der Waals surface area contributed by atoms with E-state index in [1.165, 1.54) is 33.5 Å². The molecule has 0 atom stereocenters. The number of amides is 2. The van der Waals surface area contributed by atoms with Crippen LogP contribution in [-0.2, 0) is 11.3 Å². The van der Waals surface area contributed by atoms with E-state index in [1.807, 2.05) is 12.1 Å². The fourth-order valence-corrected chi connectivity index (χ4v) is 3.54. The molecule has 0 aliphatic rings. The summed E-state index contributed by atoms with van der Waals surface area (Å²) in [6, 6.07) is 10.3. The van der Waals surface area contributed by atoms with Gasteiger partial charge in [0.15, 0.2) is 11.5 Å². The van der Waals surface area contributed by atoms with Crippen LogP contribution in [0.25, 0.3) is 0 Å². The van der Waals surface area contributed by atoms with Gasteiger partial charge in [-0.05, 0) is 36.4 Å². The summed E-state index contributed by atoms with van der Waals surface area (Å²) in [7, 11) is 4.42. The molecule has 3 aromatic rings. The monoisotopic (exact) mass is 536 g/mol. The normalized spacial score (nSPS) is 10.4. The lowest BCUT2D eigenvalue weighted by molar-refractivity contribution is -0.113. The molecule has 1 heterocycles. The Morgan fingerprint density at radius 3 is 2.30 bits per heavy atom. The lowest BCUT2D eigenvalue weighted by Crippen LogP contribution is -2.23. The van der Waals surface area contributed by atoms with Crippen molar-refractivity contribution in [3.63, 3.8) is 0 Å². The first kappa shape index (κ1) is 24.4. The van der Waals surface area contributed by atoms with Gasteiger partial charge in [-0.3, -0.25) is 9.59 Å². The first-order valence-electron chi connectivity index (χ1n) is 9.52. The number of ether oxygens (including phenoxy) is 3. The van der Waals surface area contributed by atoms with Crippen LogP contribution in [0.15, 0.2) is 50.5 Å². The fraction of sp³-hybridized carbons (Fsp3) is 0.238. The minimum Gasteiger partial charge on any atom is -0.493 e. The number of halogens is 1. The van der Waals surface area contributed by atoms with Crippen molar-refractivity contribution in [3.8, 4) is 17.2 Å². The van der Waals surface area contributed by atoms with E-state index in [0.717, 1.165) is 16.2 Å². The predicted molar refractivity (Wildman–Crippen MR) is 125 cm³/mol. The Balaban J connectivity index is 1.53. The average molecular weight is 537 g/mol. The van der Waals surface area contributed by atoms with Gasteiger partial charge in [0.05, 0.1) is 33.6 Å². The molecule has 3 rings (SSSR count). The van der Waals surface area contributed by atoms with E-state index in [-0.39, 0.29) is 29.3 Å². The Bertz CT molecular complexity index is 1100. The first-order valence-corrected chi connectivity index (χ1v) is 11.3. The third kappa shape index (κ3) is 6.62. The average Bonchev–Trinajstić information content (AvgIpc) is 3.29. The zero-order valence-electron chi connectivity index (χ0n) is 18.0. The van der Waals surface area contributed by atoms with Gasteiger partial charge >= 0.3 is 0 Å². The Labute approximate surface area is 202 Å². The molecule has 0 spiro atoms. The zero-order chi connectivity index (χ0) is 23.8. The van der Waals surface area contributed by atoms with E-state index in [4.69, 9.17) is 18.6 Å². The largest absolute Gasteiger partial charge is 0.493 e. The van der Waals surface area contributed by atoms with Gasteiger partial charge in [0, 0.05) is 15.7 Å². The van der Waals surface area contributed by atoms with Crippen LogP contribution in [0.5, 0.6) is 17.2 Å². The molecule has 0 aliphatic heterocycles. The van der Waals surface area contributed by atoms with Crippen LogP contribution in [0.4, 0.5) is 5.69 Å². The molecule has 2 amide bonds. The first-order chi connectivity index (χ1) is 15.9. The maximum Gasteiger partial charge on any atom is 0.277 e. The molecule has 0 bridgehead atoms. The number of nitrogens with zero attached hydrogens (tertiary/aromatic N) is 2. The fourth-order valence-electron chi connectivity index (χ4n) is 2.70. The summed E-state index contributed by atoms with van der Waals surface area (Å²) < 4.78 is 22.2. The summed E-state index contributed by atoms with van der Waals surface area (Å²) in [6.45, 7) is 0.00808. The highest BCUT2D eigenvalue weighted by atomic mass is 79.9. The minimum absolute atomic E-state index is 0.00808. The van der Waals surface area contributed by atoms with Gasteiger partial charge in [-0.2, -0.15) is 0 Å². The number of anilines is 1. The van der Waals surface area contributed by atoms with Crippen molar-refractivity contribution >= 4 is 45.2 Å². The molecule has 2 N–H and O–H groups in total. The van der Waals surface area contributed by atoms with Gasteiger partial charge in [0.25, 0.3) is 11.1 Å². The third-order valence-corrected chi connectivity index (χ3v) is 5.58. The lowest BCUT2D eigenvalue weighted by Gasteiger charge is -2.13. The number of hydrogen-bond donors (Lipinski definition) is 2. The van der Waals surface area contributed by atoms with Crippen molar-refractivity contribution in [3.05, 3.63) is 52.3 Å². The highest BCUT2D eigenvalue weighted by Gasteiger charge is 2.18. The van der Waals surface area contributed by atoms with Gasteiger partial charge in [0.2, 0.25) is 17.5 Å². The molecule has 1 aromatic heterocycles. The maximum absolute atomic E-state index is 12.6. The summed E-state index contributed by atoms with van der Waals surface area (Å²) in [4.78, 5) is 24.6. The molecule has 0 radical (unpaired) electrons. The number of benzene rings is 2. The molecule has 0 saturated carbocycles. The molecule has 0 saturated heterocycles. The number of methoxy groups -OCH3 is 3. The molecule has 33 heavy (non-hydrogen) atoms. The summed E-state index contributed by atoms with van der Waals surface area (Å²) in [5.41, 5.74) is 0.993. The second kappa shape index (κ2) is 11.6. The van der Waals surface area contributed by atoms with E-state index >= 15 is 0 Å². The topological polar surface area (TPSA) is 125 Å². The van der Waals surface area contributed by atoms with E-state index in [0.29, 0.717) is 28.5 Å². The smallest absolute Gasteiger partial charge is 0.277 e. The Kier molecular flexibility index (Phi) is 8.55. The second-order valence-corrected chi connectivity index (χ2v) is 8.24. The zero-order valence-corrected chi connectivity index (χ0v) is 20.4. The van der Waals surface area contributed by atoms with Crippen LogP contribution in [0.2, 0.25) is 0 Å². The molecular formula is C21H21BrN4O6S.